The maximum absolute atomic E-state index is 5.62. The van der Waals surface area contributed by atoms with E-state index in [-0.39, 0.29) is 5.95 Å². The lowest BCUT2D eigenvalue weighted by molar-refractivity contribution is 0.809. The third-order valence-electron chi connectivity index (χ3n) is 1.93. The van der Waals surface area contributed by atoms with Crippen molar-refractivity contribution in [3.63, 3.8) is 0 Å². The zero-order valence-corrected chi connectivity index (χ0v) is 9.73. The molecule has 0 fully saturated rings. The van der Waals surface area contributed by atoms with Crippen molar-refractivity contribution in [1.29, 1.82) is 0 Å². The molecule has 1 aromatic heterocycles. The van der Waals surface area contributed by atoms with E-state index in [0.29, 0.717) is 11.9 Å². The first-order chi connectivity index (χ1) is 7.04. The van der Waals surface area contributed by atoms with Gasteiger partial charge in [0.2, 0.25) is 17.8 Å². The highest BCUT2D eigenvalue weighted by atomic mass is 15.3. The van der Waals surface area contributed by atoms with Gasteiger partial charge in [0, 0.05) is 27.7 Å². The summed E-state index contributed by atoms with van der Waals surface area (Å²) in [6.45, 7) is 3.00. The summed E-state index contributed by atoms with van der Waals surface area (Å²) in [6, 6.07) is 0. The molecule has 0 bridgehead atoms. The fourth-order valence-corrected chi connectivity index (χ4v) is 1.18. The second-order valence-electron chi connectivity index (χ2n) is 3.61. The van der Waals surface area contributed by atoms with Crippen LogP contribution in [0.15, 0.2) is 0 Å². The molecule has 6 nitrogen and oxygen atoms in total. The summed E-state index contributed by atoms with van der Waals surface area (Å²) >= 11 is 0. The average molecular weight is 210 g/mol. The molecule has 0 spiro atoms. The van der Waals surface area contributed by atoms with Crippen LogP contribution in [0.3, 0.4) is 0 Å². The Morgan fingerprint density at radius 1 is 1.07 bits per heavy atom. The lowest BCUT2D eigenvalue weighted by Crippen LogP contribution is -2.23. The highest BCUT2D eigenvalue weighted by molar-refractivity contribution is 5.41. The Bertz CT molecular complexity index is 324. The summed E-state index contributed by atoms with van der Waals surface area (Å²) < 4.78 is 0. The van der Waals surface area contributed by atoms with Gasteiger partial charge in [-0.15, -0.1) is 0 Å². The van der Waals surface area contributed by atoms with Crippen molar-refractivity contribution in [2.45, 2.75) is 13.3 Å². The Balaban J connectivity index is 2.98. The van der Waals surface area contributed by atoms with Crippen LogP contribution in [0.2, 0.25) is 0 Å². The quantitative estimate of drug-likeness (QED) is 0.774. The van der Waals surface area contributed by atoms with E-state index in [1.54, 1.807) is 4.90 Å². The van der Waals surface area contributed by atoms with E-state index in [1.807, 2.05) is 26.0 Å². The van der Waals surface area contributed by atoms with Crippen LogP contribution in [0.5, 0.6) is 0 Å². The van der Waals surface area contributed by atoms with Gasteiger partial charge in [0.15, 0.2) is 0 Å². The van der Waals surface area contributed by atoms with E-state index >= 15 is 0 Å². The van der Waals surface area contributed by atoms with Gasteiger partial charge < -0.3 is 15.5 Å². The summed E-state index contributed by atoms with van der Waals surface area (Å²) in [7, 11) is 5.69. The largest absolute Gasteiger partial charge is 0.368 e. The average Bonchev–Trinajstić information content (AvgIpc) is 2.17. The van der Waals surface area contributed by atoms with Crippen molar-refractivity contribution < 1.29 is 0 Å². The van der Waals surface area contributed by atoms with Crippen LogP contribution in [0.25, 0.3) is 0 Å². The standard InChI is InChI=1S/C9H18N6/c1-5-6-15(4)9-12-7(10)11-8(13-9)14(2)3/h5-6H2,1-4H3,(H2,10,11,12,13). The minimum absolute atomic E-state index is 0.256. The van der Waals surface area contributed by atoms with Crippen molar-refractivity contribution in [3.8, 4) is 0 Å². The lowest BCUT2D eigenvalue weighted by Gasteiger charge is -2.18. The Morgan fingerprint density at radius 2 is 1.67 bits per heavy atom. The van der Waals surface area contributed by atoms with E-state index in [4.69, 9.17) is 5.73 Å². The fourth-order valence-electron chi connectivity index (χ4n) is 1.18. The summed E-state index contributed by atoms with van der Waals surface area (Å²) in [5, 5.41) is 0. The SMILES string of the molecule is CCCN(C)c1nc(N)nc(N(C)C)n1. The van der Waals surface area contributed by atoms with E-state index < -0.39 is 0 Å². The summed E-state index contributed by atoms with van der Waals surface area (Å²) in [5.74, 6) is 1.46. The Morgan fingerprint density at radius 3 is 2.20 bits per heavy atom. The normalized spacial score (nSPS) is 10.1. The number of nitrogens with zero attached hydrogens (tertiary/aromatic N) is 5. The molecule has 84 valence electrons. The van der Waals surface area contributed by atoms with E-state index in [0.717, 1.165) is 13.0 Å². The smallest absolute Gasteiger partial charge is 0.231 e. The highest BCUT2D eigenvalue weighted by Gasteiger charge is 2.08. The first-order valence-corrected chi connectivity index (χ1v) is 4.94. The van der Waals surface area contributed by atoms with Crippen LogP contribution in [0.4, 0.5) is 17.8 Å². The van der Waals surface area contributed by atoms with Gasteiger partial charge >= 0.3 is 0 Å². The van der Waals surface area contributed by atoms with Crippen molar-refractivity contribution in [2.24, 2.45) is 0 Å². The molecule has 15 heavy (non-hydrogen) atoms. The highest BCUT2D eigenvalue weighted by Crippen LogP contribution is 2.12. The predicted octanol–water partition coefficient (Wildman–Crippen LogP) is 0.366. The van der Waals surface area contributed by atoms with Crippen LogP contribution < -0.4 is 15.5 Å². The zero-order valence-electron chi connectivity index (χ0n) is 9.73. The van der Waals surface area contributed by atoms with E-state index in [2.05, 4.69) is 21.9 Å². The molecule has 6 heteroatoms. The number of anilines is 3. The van der Waals surface area contributed by atoms with Crippen LogP contribution in [-0.2, 0) is 0 Å². The number of aromatic nitrogens is 3. The Kier molecular flexibility index (Phi) is 3.65. The molecule has 0 amide bonds. The first kappa shape index (κ1) is 11.5. The van der Waals surface area contributed by atoms with E-state index in [1.165, 1.54) is 0 Å². The molecule has 0 atom stereocenters. The molecule has 0 unspecified atom stereocenters. The molecular formula is C9H18N6. The van der Waals surface area contributed by atoms with Crippen molar-refractivity contribution in [2.75, 3.05) is 43.2 Å². The summed E-state index contributed by atoms with van der Waals surface area (Å²) in [6.07, 6.45) is 1.04. The fraction of sp³-hybridized carbons (Fsp3) is 0.667. The molecule has 1 heterocycles. The topological polar surface area (TPSA) is 71.2 Å². The van der Waals surface area contributed by atoms with Gasteiger partial charge in [0.25, 0.3) is 0 Å². The molecule has 0 aliphatic rings. The molecule has 1 aromatic rings. The van der Waals surface area contributed by atoms with Crippen molar-refractivity contribution in [3.05, 3.63) is 0 Å². The zero-order chi connectivity index (χ0) is 11.4. The molecular weight excluding hydrogens is 192 g/mol. The van der Waals surface area contributed by atoms with Gasteiger partial charge in [-0.1, -0.05) is 6.92 Å². The molecule has 2 N–H and O–H groups in total. The van der Waals surface area contributed by atoms with Crippen LogP contribution >= 0.6 is 0 Å². The van der Waals surface area contributed by atoms with Gasteiger partial charge in [0.05, 0.1) is 0 Å². The molecule has 0 aliphatic carbocycles. The molecule has 1 rings (SSSR count). The Hall–Kier alpha value is -1.59. The van der Waals surface area contributed by atoms with Gasteiger partial charge in [-0.25, -0.2) is 0 Å². The molecule has 0 aromatic carbocycles. The van der Waals surface area contributed by atoms with Crippen molar-refractivity contribution in [1.82, 2.24) is 15.0 Å². The third kappa shape index (κ3) is 2.93. The van der Waals surface area contributed by atoms with Crippen LogP contribution in [0, 0.1) is 0 Å². The lowest BCUT2D eigenvalue weighted by atomic mass is 10.4. The van der Waals surface area contributed by atoms with Gasteiger partial charge in [-0.05, 0) is 6.42 Å². The maximum Gasteiger partial charge on any atom is 0.231 e. The number of nitrogens with two attached hydrogens (primary N) is 1. The van der Waals surface area contributed by atoms with Crippen LogP contribution in [-0.4, -0.2) is 42.6 Å². The third-order valence-corrected chi connectivity index (χ3v) is 1.93. The second kappa shape index (κ2) is 4.77. The minimum Gasteiger partial charge on any atom is -0.368 e. The number of rotatable bonds is 4. The molecule has 0 radical (unpaired) electrons. The number of nitrogen functional groups attached to an aromatic ring is 1. The Labute approximate surface area is 90.1 Å². The van der Waals surface area contributed by atoms with Gasteiger partial charge in [-0.2, -0.15) is 15.0 Å². The minimum atomic E-state index is 0.256. The molecule has 0 saturated heterocycles. The van der Waals surface area contributed by atoms with Gasteiger partial charge in [-0.3, -0.25) is 0 Å². The van der Waals surface area contributed by atoms with Crippen molar-refractivity contribution >= 4 is 17.8 Å². The molecule has 0 saturated carbocycles. The summed E-state index contributed by atoms with van der Waals surface area (Å²) in [4.78, 5) is 16.2. The second-order valence-corrected chi connectivity index (χ2v) is 3.61. The monoisotopic (exact) mass is 210 g/mol. The molecule has 0 aliphatic heterocycles. The number of hydrogen-bond donors (Lipinski definition) is 1. The van der Waals surface area contributed by atoms with Gasteiger partial charge in [0.1, 0.15) is 0 Å². The first-order valence-electron chi connectivity index (χ1n) is 4.94. The van der Waals surface area contributed by atoms with E-state index in [9.17, 15) is 0 Å². The van der Waals surface area contributed by atoms with Crippen LogP contribution in [0.1, 0.15) is 13.3 Å². The summed E-state index contributed by atoms with van der Waals surface area (Å²) in [5.41, 5.74) is 5.62. The number of hydrogen-bond acceptors (Lipinski definition) is 6. The maximum atomic E-state index is 5.62. The predicted molar refractivity (Wildman–Crippen MR) is 62.1 cm³/mol.